The molecule has 0 atom stereocenters. The van der Waals surface area contributed by atoms with Crippen LogP contribution in [0.4, 0.5) is 4.39 Å². The van der Waals surface area contributed by atoms with Gasteiger partial charge in [0.25, 0.3) is 0 Å². The second-order valence-corrected chi connectivity index (χ2v) is 4.70. The Balaban J connectivity index is 1.99. The summed E-state index contributed by atoms with van der Waals surface area (Å²) in [5, 5.41) is 8.75. The van der Waals surface area contributed by atoms with Crippen molar-refractivity contribution in [1.82, 2.24) is 0 Å². The first kappa shape index (κ1) is 17.3. The third kappa shape index (κ3) is 5.01. The molecule has 0 amide bonds. The lowest BCUT2D eigenvalue weighted by Crippen LogP contribution is -2.10. The second kappa shape index (κ2) is 8.57. The summed E-state index contributed by atoms with van der Waals surface area (Å²) >= 11 is 0. The molecule has 0 bridgehead atoms. The molecule has 126 valence electrons. The van der Waals surface area contributed by atoms with E-state index in [0.29, 0.717) is 22.8 Å². The van der Waals surface area contributed by atoms with Crippen molar-refractivity contribution in [2.75, 3.05) is 20.3 Å². The zero-order valence-corrected chi connectivity index (χ0v) is 13.1. The fraction of sp³-hybridized carbons (Fsp3) is 0.167. The highest BCUT2D eigenvalue weighted by Crippen LogP contribution is 2.32. The van der Waals surface area contributed by atoms with Gasteiger partial charge in [-0.15, -0.1) is 0 Å². The molecule has 0 spiro atoms. The lowest BCUT2D eigenvalue weighted by atomic mass is 10.1. The number of halogens is 1. The Bertz CT molecular complexity index is 710. The van der Waals surface area contributed by atoms with Gasteiger partial charge in [0.15, 0.2) is 11.5 Å². The van der Waals surface area contributed by atoms with Crippen LogP contribution >= 0.6 is 0 Å². The fourth-order valence-corrected chi connectivity index (χ4v) is 1.97. The molecule has 1 N–H and O–H groups in total. The number of carbonyl (C=O) groups is 1. The number of aliphatic carboxylic acids is 1. The van der Waals surface area contributed by atoms with Crippen molar-refractivity contribution < 1.29 is 28.5 Å². The van der Waals surface area contributed by atoms with Crippen molar-refractivity contribution in [3.8, 4) is 17.2 Å². The van der Waals surface area contributed by atoms with Crippen LogP contribution in [0.2, 0.25) is 0 Å². The normalized spacial score (nSPS) is 10.6. The number of rotatable bonds is 8. The van der Waals surface area contributed by atoms with E-state index >= 15 is 0 Å². The van der Waals surface area contributed by atoms with Crippen molar-refractivity contribution >= 4 is 12.0 Å². The van der Waals surface area contributed by atoms with E-state index in [1.807, 2.05) is 0 Å². The predicted molar refractivity (Wildman–Crippen MR) is 87.1 cm³/mol. The SMILES string of the molecule is COc1cccc(C=CC(=O)O)c1OCCOc1ccc(F)cc1. The van der Waals surface area contributed by atoms with E-state index in [4.69, 9.17) is 19.3 Å². The van der Waals surface area contributed by atoms with Crippen LogP contribution in [0.25, 0.3) is 6.08 Å². The molecule has 0 aliphatic rings. The van der Waals surface area contributed by atoms with Gasteiger partial charge in [0, 0.05) is 11.6 Å². The van der Waals surface area contributed by atoms with Crippen LogP contribution < -0.4 is 14.2 Å². The smallest absolute Gasteiger partial charge is 0.328 e. The molecule has 0 aliphatic heterocycles. The molecule has 2 aromatic carbocycles. The molecule has 0 aromatic heterocycles. The van der Waals surface area contributed by atoms with E-state index in [0.717, 1.165) is 6.08 Å². The number of ether oxygens (including phenoxy) is 3. The molecule has 0 saturated carbocycles. The van der Waals surface area contributed by atoms with Crippen LogP contribution in [0.3, 0.4) is 0 Å². The van der Waals surface area contributed by atoms with Gasteiger partial charge >= 0.3 is 5.97 Å². The first-order valence-corrected chi connectivity index (χ1v) is 7.19. The summed E-state index contributed by atoms with van der Waals surface area (Å²) in [6.45, 7) is 0.456. The van der Waals surface area contributed by atoms with Crippen LogP contribution in [0, 0.1) is 5.82 Å². The molecule has 0 fully saturated rings. The van der Waals surface area contributed by atoms with Crippen molar-refractivity contribution in [3.05, 3.63) is 59.9 Å². The maximum absolute atomic E-state index is 12.8. The van der Waals surface area contributed by atoms with Gasteiger partial charge in [-0.25, -0.2) is 9.18 Å². The molecule has 5 nitrogen and oxygen atoms in total. The molecule has 0 heterocycles. The summed E-state index contributed by atoms with van der Waals surface area (Å²) in [5.41, 5.74) is 0.582. The van der Waals surface area contributed by atoms with Crippen LogP contribution in [-0.4, -0.2) is 31.4 Å². The summed E-state index contributed by atoms with van der Waals surface area (Å²) in [6, 6.07) is 10.9. The van der Waals surface area contributed by atoms with E-state index in [9.17, 15) is 9.18 Å². The van der Waals surface area contributed by atoms with Gasteiger partial charge in [-0.05, 0) is 36.4 Å². The van der Waals surface area contributed by atoms with E-state index in [2.05, 4.69) is 0 Å². The summed E-state index contributed by atoms with van der Waals surface area (Å²) in [6.07, 6.45) is 2.46. The molecule has 0 aliphatic carbocycles. The van der Waals surface area contributed by atoms with Crippen molar-refractivity contribution in [2.45, 2.75) is 0 Å². The van der Waals surface area contributed by atoms with Gasteiger partial charge in [0.1, 0.15) is 24.8 Å². The monoisotopic (exact) mass is 332 g/mol. The number of carboxylic acid groups (broad SMARTS) is 1. The minimum absolute atomic E-state index is 0.214. The highest BCUT2D eigenvalue weighted by atomic mass is 19.1. The minimum atomic E-state index is -1.05. The lowest BCUT2D eigenvalue weighted by molar-refractivity contribution is -0.131. The van der Waals surface area contributed by atoms with Gasteiger partial charge in [-0.2, -0.15) is 0 Å². The third-order valence-corrected chi connectivity index (χ3v) is 3.05. The van der Waals surface area contributed by atoms with Crippen LogP contribution in [0.1, 0.15) is 5.56 Å². The molecule has 0 saturated heterocycles. The lowest BCUT2D eigenvalue weighted by Gasteiger charge is -2.13. The molecule has 0 radical (unpaired) electrons. The fourth-order valence-electron chi connectivity index (χ4n) is 1.97. The highest BCUT2D eigenvalue weighted by Gasteiger charge is 2.09. The van der Waals surface area contributed by atoms with Crippen molar-refractivity contribution in [3.63, 3.8) is 0 Å². The molecule has 2 rings (SSSR count). The summed E-state index contributed by atoms with van der Waals surface area (Å²) < 4.78 is 29.2. The Kier molecular flexibility index (Phi) is 6.19. The van der Waals surface area contributed by atoms with Crippen LogP contribution in [-0.2, 0) is 4.79 Å². The summed E-state index contributed by atoms with van der Waals surface area (Å²) in [5.74, 6) is 0.0708. The molecule has 0 unspecified atom stereocenters. The number of carboxylic acids is 1. The topological polar surface area (TPSA) is 65.0 Å². The first-order chi connectivity index (χ1) is 11.6. The minimum Gasteiger partial charge on any atom is -0.493 e. The third-order valence-electron chi connectivity index (χ3n) is 3.05. The van der Waals surface area contributed by atoms with Crippen molar-refractivity contribution in [2.24, 2.45) is 0 Å². The Labute approximate surface area is 138 Å². The van der Waals surface area contributed by atoms with E-state index < -0.39 is 5.97 Å². The number of hydrogen-bond donors (Lipinski definition) is 1. The first-order valence-electron chi connectivity index (χ1n) is 7.19. The standard InChI is InChI=1S/C18H17FO5/c1-22-16-4-2-3-13(5-10-17(20)21)18(16)24-12-11-23-15-8-6-14(19)7-9-15/h2-10H,11-12H2,1H3,(H,20,21). The number of benzene rings is 2. The zero-order valence-electron chi connectivity index (χ0n) is 13.1. The van der Waals surface area contributed by atoms with Crippen molar-refractivity contribution in [1.29, 1.82) is 0 Å². The summed E-state index contributed by atoms with van der Waals surface area (Å²) in [4.78, 5) is 10.7. The molecule has 2 aromatic rings. The van der Waals surface area contributed by atoms with E-state index in [1.54, 1.807) is 18.2 Å². The van der Waals surface area contributed by atoms with E-state index in [1.165, 1.54) is 37.5 Å². The Morgan fingerprint density at radius 3 is 2.50 bits per heavy atom. The van der Waals surface area contributed by atoms with Crippen LogP contribution in [0.5, 0.6) is 17.2 Å². The Morgan fingerprint density at radius 2 is 1.83 bits per heavy atom. The maximum Gasteiger partial charge on any atom is 0.328 e. The van der Waals surface area contributed by atoms with Gasteiger partial charge in [0.2, 0.25) is 0 Å². The number of hydrogen-bond acceptors (Lipinski definition) is 4. The Hall–Kier alpha value is -3.02. The molecule has 24 heavy (non-hydrogen) atoms. The molecular weight excluding hydrogens is 315 g/mol. The van der Waals surface area contributed by atoms with Gasteiger partial charge in [-0.1, -0.05) is 12.1 Å². The zero-order chi connectivity index (χ0) is 17.4. The maximum atomic E-state index is 12.8. The van der Waals surface area contributed by atoms with Gasteiger partial charge < -0.3 is 19.3 Å². The second-order valence-electron chi connectivity index (χ2n) is 4.70. The highest BCUT2D eigenvalue weighted by molar-refractivity contribution is 5.86. The largest absolute Gasteiger partial charge is 0.493 e. The quantitative estimate of drug-likeness (QED) is 0.593. The molecule has 6 heteroatoms. The molecular formula is C18H17FO5. The average molecular weight is 332 g/mol. The number of methoxy groups -OCH3 is 1. The van der Waals surface area contributed by atoms with Gasteiger partial charge in [0.05, 0.1) is 7.11 Å². The average Bonchev–Trinajstić information content (AvgIpc) is 2.58. The van der Waals surface area contributed by atoms with Gasteiger partial charge in [-0.3, -0.25) is 0 Å². The van der Waals surface area contributed by atoms with Crippen LogP contribution in [0.15, 0.2) is 48.5 Å². The van der Waals surface area contributed by atoms with E-state index in [-0.39, 0.29) is 19.0 Å². The predicted octanol–water partition coefficient (Wildman–Crippen LogP) is 3.39. The Morgan fingerprint density at radius 1 is 1.12 bits per heavy atom. The summed E-state index contributed by atoms with van der Waals surface area (Å²) in [7, 11) is 1.50. The number of para-hydroxylation sites is 1.